The Kier molecular flexibility index (Phi) is 4.46. The van der Waals surface area contributed by atoms with E-state index in [9.17, 15) is 4.79 Å². The molecule has 1 amide bonds. The van der Waals surface area contributed by atoms with Crippen molar-refractivity contribution >= 4 is 5.91 Å². The number of carbonyl (C=O) groups excluding carboxylic acids is 1. The van der Waals surface area contributed by atoms with Crippen molar-refractivity contribution < 1.29 is 9.53 Å². The van der Waals surface area contributed by atoms with Gasteiger partial charge in [0, 0.05) is 32.4 Å². The number of carbonyl (C=O) groups is 1. The quantitative estimate of drug-likeness (QED) is 0.883. The number of morpholine rings is 1. The fourth-order valence-corrected chi connectivity index (χ4v) is 2.83. The van der Waals surface area contributed by atoms with Crippen LogP contribution in [0.25, 0.3) is 0 Å². The molecule has 2 fully saturated rings. The summed E-state index contributed by atoms with van der Waals surface area (Å²) in [4.78, 5) is 19.7. The molecule has 3 rings (SSSR count). The molecule has 0 aromatic carbocycles. The highest BCUT2D eigenvalue weighted by molar-refractivity contribution is 5.93. The van der Waals surface area contributed by atoms with Crippen molar-refractivity contribution in [3.05, 3.63) is 23.5 Å². The van der Waals surface area contributed by atoms with Gasteiger partial charge in [0.1, 0.15) is 11.8 Å². The predicted octanol–water partition coefficient (Wildman–Crippen LogP) is 1.07. The molecule has 1 aliphatic heterocycles. The summed E-state index contributed by atoms with van der Waals surface area (Å²) in [5.41, 5.74) is 0.977. The lowest BCUT2D eigenvalue weighted by atomic mass is 10.2. The number of hydrogen-bond donors (Lipinski definition) is 1. The number of aromatic amines is 1. The van der Waals surface area contributed by atoms with Gasteiger partial charge >= 0.3 is 0 Å². The van der Waals surface area contributed by atoms with E-state index in [1.54, 1.807) is 12.3 Å². The van der Waals surface area contributed by atoms with Gasteiger partial charge in [-0.15, -0.1) is 0 Å². The summed E-state index contributed by atoms with van der Waals surface area (Å²) in [6.45, 7) is 3.90. The van der Waals surface area contributed by atoms with Crippen LogP contribution >= 0.6 is 0 Å². The number of H-pyrrole nitrogens is 1. The molecule has 1 aliphatic carbocycles. The van der Waals surface area contributed by atoms with Gasteiger partial charge in [0.2, 0.25) is 0 Å². The highest BCUT2D eigenvalue weighted by Gasteiger charge is 2.30. The highest BCUT2D eigenvalue weighted by Crippen LogP contribution is 2.30. The number of amides is 1. The average molecular weight is 302 g/mol. The standard InChI is InChI=1S/C16H22N4O2/c1-19-4-5-22-14(10-19)11-20(9-12-2-3-12)16(21)15-6-13(7-17)8-18-15/h6,8,12,14,18H,2-5,9-11H2,1H3/t14-/m1/s1. The second-order valence-electron chi connectivity index (χ2n) is 6.32. The van der Waals surface area contributed by atoms with Crippen molar-refractivity contribution in [3.8, 4) is 6.07 Å². The minimum Gasteiger partial charge on any atom is -0.374 e. The SMILES string of the molecule is CN1CCO[C@@H](CN(CC2CC2)C(=O)c2cc(C#N)c[nH]2)C1. The largest absolute Gasteiger partial charge is 0.374 e. The van der Waals surface area contributed by atoms with Gasteiger partial charge in [-0.3, -0.25) is 4.79 Å². The van der Waals surface area contributed by atoms with E-state index in [1.807, 2.05) is 11.0 Å². The van der Waals surface area contributed by atoms with Crippen molar-refractivity contribution in [1.29, 1.82) is 5.26 Å². The van der Waals surface area contributed by atoms with E-state index in [0.29, 0.717) is 30.3 Å². The van der Waals surface area contributed by atoms with Gasteiger partial charge < -0.3 is 19.5 Å². The van der Waals surface area contributed by atoms with Gasteiger partial charge in [-0.05, 0) is 31.9 Å². The summed E-state index contributed by atoms with van der Waals surface area (Å²) >= 11 is 0. The third-order valence-corrected chi connectivity index (χ3v) is 4.27. The van der Waals surface area contributed by atoms with Crippen LogP contribution in [0, 0.1) is 17.2 Å². The topological polar surface area (TPSA) is 72.4 Å². The molecule has 6 nitrogen and oxygen atoms in total. The van der Waals surface area contributed by atoms with Gasteiger partial charge in [-0.1, -0.05) is 0 Å². The third-order valence-electron chi connectivity index (χ3n) is 4.27. The van der Waals surface area contributed by atoms with Crippen LogP contribution in [0.2, 0.25) is 0 Å². The molecule has 0 bridgehead atoms. The molecule has 1 aromatic heterocycles. The molecular weight excluding hydrogens is 280 g/mol. The molecule has 1 N–H and O–H groups in total. The lowest BCUT2D eigenvalue weighted by Crippen LogP contribution is -2.48. The number of rotatable bonds is 5. The number of aromatic nitrogens is 1. The number of hydrogen-bond acceptors (Lipinski definition) is 4. The zero-order chi connectivity index (χ0) is 15.5. The number of nitrogens with zero attached hydrogens (tertiary/aromatic N) is 3. The Labute approximate surface area is 130 Å². The zero-order valence-electron chi connectivity index (χ0n) is 12.9. The summed E-state index contributed by atoms with van der Waals surface area (Å²) in [7, 11) is 2.08. The number of nitrogens with one attached hydrogen (secondary N) is 1. The summed E-state index contributed by atoms with van der Waals surface area (Å²) in [5.74, 6) is 0.584. The molecule has 6 heteroatoms. The van der Waals surface area contributed by atoms with Gasteiger partial charge in [0.15, 0.2) is 0 Å². The van der Waals surface area contributed by atoms with E-state index in [4.69, 9.17) is 10.00 Å². The molecule has 1 aromatic rings. The number of nitriles is 1. The van der Waals surface area contributed by atoms with Crippen molar-refractivity contribution in [2.24, 2.45) is 5.92 Å². The molecule has 1 saturated carbocycles. The average Bonchev–Trinajstić information content (AvgIpc) is 3.19. The van der Waals surface area contributed by atoms with Crippen molar-refractivity contribution in [2.45, 2.75) is 18.9 Å². The first-order chi connectivity index (χ1) is 10.7. The normalized spacial score (nSPS) is 22.3. The maximum Gasteiger partial charge on any atom is 0.270 e. The first-order valence-electron chi connectivity index (χ1n) is 7.83. The fourth-order valence-electron chi connectivity index (χ4n) is 2.83. The lowest BCUT2D eigenvalue weighted by molar-refractivity contribution is -0.0332. The van der Waals surface area contributed by atoms with Gasteiger partial charge in [0.05, 0.1) is 18.3 Å². The smallest absolute Gasteiger partial charge is 0.270 e. The van der Waals surface area contributed by atoms with E-state index in [1.165, 1.54) is 12.8 Å². The summed E-state index contributed by atoms with van der Waals surface area (Å²) in [6.07, 6.45) is 4.03. The minimum atomic E-state index is -0.0368. The Bertz CT molecular complexity index is 573. The van der Waals surface area contributed by atoms with Crippen molar-refractivity contribution in [3.63, 3.8) is 0 Å². The summed E-state index contributed by atoms with van der Waals surface area (Å²) in [6, 6.07) is 3.67. The van der Waals surface area contributed by atoms with Crippen LogP contribution in [-0.4, -0.2) is 66.6 Å². The van der Waals surface area contributed by atoms with E-state index in [2.05, 4.69) is 16.9 Å². The second kappa shape index (κ2) is 6.51. The first-order valence-corrected chi connectivity index (χ1v) is 7.83. The summed E-state index contributed by atoms with van der Waals surface area (Å²) in [5, 5.41) is 8.90. The molecular formula is C16H22N4O2. The molecule has 2 heterocycles. The van der Waals surface area contributed by atoms with Crippen molar-refractivity contribution in [2.75, 3.05) is 39.8 Å². The fraction of sp³-hybridized carbons (Fsp3) is 0.625. The molecule has 0 radical (unpaired) electrons. The monoisotopic (exact) mass is 302 g/mol. The van der Waals surface area contributed by atoms with Gasteiger partial charge in [-0.2, -0.15) is 5.26 Å². The predicted molar refractivity (Wildman–Crippen MR) is 81.4 cm³/mol. The second-order valence-corrected chi connectivity index (χ2v) is 6.32. The zero-order valence-corrected chi connectivity index (χ0v) is 12.9. The first kappa shape index (κ1) is 15.1. The number of likely N-dealkylation sites (N-methyl/N-ethyl adjacent to an activating group) is 1. The van der Waals surface area contributed by atoms with E-state index >= 15 is 0 Å². The Hall–Kier alpha value is -1.84. The summed E-state index contributed by atoms with van der Waals surface area (Å²) < 4.78 is 5.80. The maximum absolute atomic E-state index is 12.7. The molecule has 1 atom stereocenters. The Morgan fingerprint density at radius 3 is 3.00 bits per heavy atom. The molecule has 0 spiro atoms. The van der Waals surface area contributed by atoms with Gasteiger partial charge in [-0.25, -0.2) is 0 Å². The van der Waals surface area contributed by atoms with Crippen LogP contribution in [0.15, 0.2) is 12.3 Å². The molecule has 2 aliphatic rings. The van der Waals surface area contributed by atoms with E-state index in [0.717, 1.165) is 19.6 Å². The van der Waals surface area contributed by atoms with Crippen LogP contribution in [0.4, 0.5) is 0 Å². The highest BCUT2D eigenvalue weighted by atomic mass is 16.5. The molecule has 1 saturated heterocycles. The minimum absolute atomic E-state index is 0.0368. The third kappa shape index (κ3) is 3.67. The van der Waals surface area contributed by atoms with Crippen LogP contribution in [0.1, 0.15) is 28.9 Å². The van der Waals surface area contributed by atoms with E-state index < -0.39 is 0 Å². The van der Waals surface area contributed by atoms with Crippen LogP contribution < -0.4 is 0 Å². The van der Waals surface area contributed by atoms with Crippen LogP contribution in [0.5, 0.6) is 0 Å². The van der Waals surface area contributed by atoms with Crippen LogP contribution in [0.3, 0.4) is 0 Å². The Balaban J connectivity index is 1.68. The number of ether oxygens (including phenoxy) is 1. The maximum atomic E-state index is 12.7. The molecule has 0 unspecified atom stereocenters. The van der Waals surface area contributed by atoms with Crippen molar-refractivity contribution in [1.82, 2.24) is 14.8 Å². The Morgan fingerprint density at radius 2 is 2.36 bits per heavy atom. The van der Waals surface area contributed by atoms with E-state index in [-0.39, 0.29) is 12.0 Å². The Morgan fingerprint density at radius 1 is 1.55 bits per heavy atom. The van der Waals surface area contributed by atoms with Gasteiger partial charge in [0.25, 0.3) is 5.91 Å². The molecule has 22 heavy (non-hydrogen) atoms. The van der Waals surface area contributed by atoms with Crippen LogP contribution in [-0.2, 0) is 4.74 Å². The molecule has 118 valence electrons. The lowest BCUT2D eigenvalue weighted by Gasteiger charge is -2.34.